The minimum atomic E-state index is -1.26. The first-order valence-electron chi connectivity index (χ1n) is 5.97. The molecule has 0 aliphatic heterocycles. The third-order valence-electron chi connectivity index (χ3n) is 2.67. The van der Waals surface area contributed by atoms with Gasteiger partial charge in [-0.1, -0.05) is 0 Å². The summed E-state index contributed by atoms with van der Waals surface area (Å²) in [7, 11) is 3.45. The molecule has 0 saturated carbocycles. The summed E-state index contributed by atoms with van der Waals surface area (Å²) in [6, 6.07) is 1.14. The zero-order chi connectivity index (χ0) is 16.2. The zero-order valence-corrected chi connectivity index (χ0v) is 11.5. The third-order valence-corrected chi connectivity index (χ3v) is 2.67. The molecule has 0 heterocycles. The van der Waals surface area contributed by atoms with E-state index < -0.39 is 40.4 Å². The third kappa shape index (κ3) is 4.63. The number of rotatable bonds is 7. The normalized spacial score (nSPS) is 10.7. The van der Waals surface area contributed by atoms with E-state index in [1.807, 2.05) is 0 Å². The maximum atomic E-state index is 13.9. The van der Waals surface area contributed by atoms with E-state index in [-0.39, 0.29) is 6.54 Å². The van der Waals surface area contributed by atoms with Crippen LogP contribution < -0.4 is 4.90 Å². The van der Waals surface area contributed by atoms with Gasteiger partial charge in [0.1, 0.15) is 12.2 Å². The van der Waals surface area contributed by atoms with Crippen LogP contribution in [0.2, 0.25) is 0 Å². The highest BCUT2D eigenvalue weighted by Gasteiger charge is 2.23. The van der Waals surface area contributed by atoms with Gasteiger partial charge < -0.3 is 14.9 Å². The molecular weight excluding hydrogens is 288 g/mol. The molecule has 7 nitrogen and oxygen atoms in total. The van der Waals surface area contributed by atoms with Crippen molar-refractivity contribution in [3.63, 3.8) is 0 Å². The molecule has 0 saturated heterocycles. The number of nitrogens with zero attached hydrogens (tertiary/aromatic N) is 3. The second-order valence-electron chi connectivity index (χ2n) is 4.63. The van der Waals surface area contributed by atoms with Crippen molar-refractivity contribution in [3.8, 4) is 0 Å². The quantitative estimate of drug-likeness (QED) is 0.604. The largest absolute Gasteiger partial charge is 0.480 e. The number of anilines is 1. The summed E-state index contributed by atoms with van der Waals surface area (Å²) in [5.74, 6) is -3.59. The van der Waals surface area contributed by atoms with Gasteiger partial charge in [-0.15, -0.1) is 0 Å². The number of benzene rings is 1. The molecular formula is C12H15F2N3O4. The first kappa shape index (κ1) is 16.8. The number of likely N-dealkylation sites (N-methyl/N-ethyl adjacent to an activating group) is 1. The smallest absolute Gasteiger partial charge is 0.323 e. The standard InChI is InChI=1S/C12H15F2N3O4/c1-15(2)3-4-16(7-11(18)19)12-9(13)5-8(17(20)21)6-10(12)14/h5-6H,3-4,7H2,1-2H3,(H,18,19). The maximum Gasteiger partial charge on any atom is 0.323 e. The van der Waals surface area contributed by atoms with Crippen molar-refractivity contribution in [2.75, 3.05) is 38.6 Å². The monoisotopic (exact) mass is 303 g/mol. The van der Waals surface area contributed by atoms with Crippen molar-refractivity contribution in [2.24, 2.45) is 0 Å². The Morgan fingerprint density at radius 1 is 1.29 bits per heavy atom. The molecule has 1 rings (SSSR count). The number of nitro groups is 1. The predicted octanol–water partition coefficient (Wildman–Crippen LogP) is 1.33. The van der Waals surface area contributed by atoms with Crippen LogP contribution in [0.1, 0.15) is 0 Å². The molecule has 0 bridgehead atoms. The van der Waals surface area contributed by atoms with Gasteiger partial charge in [0.2, 0.25) is 0 Å². The van der Waals surface area contributed by atoms with Gasteiger partial charge in [0.25, 0.3) is 5.69 Å². The summed E-state index contributed by atoms with van der Waals surface area (Å²) in [4.78, 5) is 23.1. The van der Waals surface area contributed by atoms with Crippen molar-refractivity contribution in [3.05, 3.63) is 33.9 Å². The molecule has 0 amide bonds. The Bertz CT molecular complexity index is 528. The van der Waals surface area contributed by atoms with Crippen LogP contribution in [-0.2, 0) is 4.79 Å². The summed E-state index contributed by atoms with van der Waals surface area (Å²) in [6.45, 7) is -0.187. The summed E-state index contributed by atoms with van der Waals surface area (Å²) < 4.78 is 27.8. The molecule has 0 aliphatic rings. The van der Waals surface area contributed by atoms with Gasteiger partial charge in [-0.05, 0) is 14.1 Å². The Kier molecular flexibility index (Phi) is 5.53. The molecule has 1 aromatic carbocycles. The lowest BCUT2D eigenvalue weighted by atomic mass is 10.2. The number of aliphatic carboxylic acids is 1. The van der Waals surface area contributed by atoms with Gasteiger partial charge in [0.05, 0.1) is 17.1 Å². The van der Waals surface area contributed by atoms with Gasteiger partial charge in [-0.25, -0.2) is 8.78 Å². The number of hydrogen-bond acceptors (Lipinski definition) is 5. The molecule has 0 aromatic heterocycles. The van der Waals surface area contributed by atoms with Crippen LogP contribution in [0, 0.1) is 21.7 Å². The molecule has 0 fully saturated rings. The molecule has 116 valence electrons. The first-order chi connectivity index (χ1) is 9.72. The highest BCUT2D eigenvalue weighted by molar-refractivity contribution is 5.74. The van der Waals surface area contributed by atoms with Crippen LogP contribution in [0.4, 0.5) is 20.2 Å². The second kappa shape index (κ2) is 6.93. The SMILES string of the molecule is CN(C)CCN(CC(=O)O)c1c(F)cc([N+](=O)[O-])cc1F. The van der Waals surface area contributed by atoms with E-state index in [0.29, 0.717) is 18.7 Å². The number of halogens is 2. The fraction of sp³-hybridized carbons (Fsp3) is 0.417. The zero-order valence-electron chi connectivity index (χ0n) is 11.5. The Hall–Kier alpha value is -2.29. The van der Waals surface area contributed by atoms with Gasteiger partial charge in [-0.3, -0.25) is 14.9 Å². The molecule has 0 unspecified atom stereocenters. The van der Waals surface area contributed by atoms with Gasteiger partial charge in [-0.2, -0.15) is 0 Å². The molecule has 0 atom stereocenters. The van der Waals surface area contributed by atoms with E-state index in [0.717, 1.165) is 4.90 Å². The van der Waals surface area contributed by atoms with E-state index in [1.54, 1.807) is 19.0 Å². The highest BCUT2D eigenvalue weighted by Crippen LogP contribution is 2.28. The van der Waals surface area contributed by atoms with Crippen LogP contribution in [0.25, 0.3) is 0 Å². The fourth-order valence-corrected chi connectivity index (χ4v) is 1.71. The number of nitro benzene ring substituents is 1. The van der Waals surface area contributed by atoms with Crippen LogP contribution in [0.15, 0.2) is 12.1 Å². The van der Waals surface area contributed by atoms with Crippen LogP contribution >= 0.6 is 0 Å². The number of hydrogen-bond donors (Lipinski definition) is 1. The topological polar surface area (TPSA) is 86.9 Å². The van der Waals surface area contributed by atoms with Gasteiger partial charge in [0, 0.05) is 13.1 Å². The van der Waals surface area contributed by atoms with Crippen LogP contribution in [-0.4, -0.2) is 54.6 Å². The maximum absolute atomic E-state index is 13.9. The average molecular weight is 303 g/mol. The first-order valence-corrected chi connectivity index (χ1v) is 5.97. The van der Waals surface area contributed by atoms with E-state index >= 15 is 0 Å². The molecule has 1 aromatic rings. The summed E-state index contributed by atoms with van der Waals surface area (Å²) in [5, 5.41) is 19.4. The Labute approximate surface area is 119 Å². The molecule has 0 radical (unpaired) electrons. The molecule has 0 aliphatic carbocycles. The molecule has 1 N–H and O–H groups in total. The van der Waals surface area contributed by atoms with E-state index in [1.165, 1.54) is 0 Å². The van der Waals surface area contributed by atoms with Gasteiger partial charge in [0.15, 0.2) is 11.6 Å². The van der Waals surface area contributed by atoms with Crippen molar-refractivity contribution in [1.29, 1.82) is 0 Å². The van der Waals surface area contributed by atoms with Crippen molar-refractivity contribution in [1.82, 2.24) is 4.90 Å². The Balaban J connectivity index is 3.17. The van der Waals surface area contributed by atoms with Gasteiger partial charge >= 0.3 is 5.97 Å². The minimum absolute atomic E-state index is 0.0605. The fourth-order valence-electron chi connectivity index (χ4n) is 1.71. The number of carbonyl (C=O) groups is 1. The lowest BCUT2D eigenvalue weighted by Crippen LogP contribution is -2.36. The molecule has 0 spiro atoms. The van der Waals surface area contributed by atoms with Crippen molar-refractivity contribution in [2.45, 2.75) is 0 Å². The van der Waals surface area contributed by atoms with Crippen molar-refractivity contribution >= 4 is 17.3 Å². The minimum Gasteiger partial charge on any atom is -0.480 e. The lowest BCUT2D eigenvalue weighted by Gasteiger charge is -2.25. The average Bonchev–Trinajstić information content (AvgIpc) is 2.33. The summed E-state index contributed by atoms with van der Waals surface area (Å²) in [6.07, 6.45) is 0. The van der Waals surface area contributed by atoms with E-state index in [4.69, 9.17) is 5.11 Å². The van der Waals surface area contributed by atoms with Crippen LogP contribution in [0.3, 0.4) is 0 Å². The Morgan fingerprint density at radius 3 is 2.19 bits per heavy atom. The number of carboxylic acids is 1. The predicted molar refractivity (Wildman–Crippen MR) is 71.4 cm³/mol. The lowest BCUT2D eigenvalue weighted by molar-refractivity contribution is -0.385. The van der Waals surface area contributed by atoms with E-state index in [2.05, 4.69) is 0 Å². The van der Waals surface area contributed by atoms with Crippen LogP contribution in [0.5, 0.6) is 0 Å². The number of non-ortho nitro benzene ring substituents is 1. The summed E-state index contributed by atoms with van der Waals surface area (Å²) >= 11 is 0. The van der Waals surface area contributed by atoms with Crippen molar-refractivity contribution < 1.29 is 23.6 Å². The molecule has 21 heavy (non-hydrogen) atoms. The highest BCUT2D eigenvalue weighted by atomic mass is 19.1. The molecule has 9 heteroatoms. The summed E-state index contributed by atoms with van der Waals surface area (Å²) in [5.41, 5.74) is -1.30. The number of carboxylic acid groups (broad SMARTS) is 1. The Morgan fingerprint density at radius 2 is 1.81 bits per heavy atom. The second-order valence-corrected chi connectivity index (χ2v) is 4.63. The van der Waals surface area contributed by atoms with E-state index in [9.17, 15) is 23.7 Å².